The van der Waals surface area contributed by atoms with Gasteiger partial charge in [-0.25, -0.2) is 9.78 Å². The number of hydrogen-bond donors (Lipinski definition) is 2. The van der Waals surface area contributed by atoms with E-state index in [2.05, 4.69) is 15.6 Å². The van der Waals surface area contributed by atoms with Crippen molar-refractivity contribution in [1.82, 2.24) is 10.3 Å². The first-order valence-electron chi connectivity index (χ1n) is 4.17. The molecule has 1 aromatic rings. The molecule has 1 rings (SSSR count). The van der Waals surface area contributed by atoms with E-state index >= 15 is 0 Å². The monoisotopic (exact) mass is 195 g/mol. The van der Waals surface area contributed by atoms with Crippen molar-refractivity contribution < 1.29 is 9.53 Å². The fourth-order valence-electron chi connectivity index (χ4n) is 0.998. The van der Waals surface area contributed by atoms with E-state index < -0.39 is 0 Å². The van der Waals surface area contributed by atoms with Gasteiger partial charge in [-0.2, -0.15) is 0 Å². The average molecular weight is 195 g/mol. The molecule has 2 N–H and O–H groups in total. The molecule has 14 heavy (non-hydrogen) atoms. The molecule has 0 aromatic carbocycles. The maximum Gasteiger partial charge on any atom is 0.320 e. The lowest BCUT2D eigenvalue weighted by atomic mass is 10.3. The highest BCUT2D eigenvalue weighted by Crippen LogP contribution is 2.16. The molecule has 2 amide bonds. The van der Waals surface area contributed by atoms with Crippen LogP contribution in [0.4, 0.5) is 10.6 Å². The minimum absolute atomic E-state index is 0.301. The SMILES string of the molecule is CNC(=O)Nc1cc(OC)cc(C)n1. The fraction of sp³-hybridized carbons (Fsp3) is 0.333. The smallest absolute Gasteiger partial charge is 0.320 e. The fourth-order valence-corrected chi connectivity index (χ4v) is 0.998. The van der Waals surface area contributed by atoms with E-state index in [1.807, 2.05) is 6.92 Å². The second kappa shape index (κ2) is 4.45. The lowest BCUT2D eigenvalue weighted by Crippen LogP contribution is -2.25. The third-order valence-corrected chi connectivity index (χ3v) is 1.63. The van der Waals surface area contributed by atoms with Gasteiger partial charge < -0.3 is 10.1 Å². The Balaban J connectivity index is 2.86. The van der Waals surface area contributed by atoms with Crippen LogP contribution < -0.4 is 15.4 Å². The molecule has 0 aliphatic carbocycles. The van der Waals surface area contributed by atoms with Gasteiger partial charge in [0.25, 0.3) is 0 Å². The predicted molar refractivity (Wildman–Crippen MR) is 53.6 cm³/mol. The summed E-state index contributed by atoms with van der Waals surface area (Å²) in [7, 11) is 3.11. The number of carbonyl (C=O) groups excluding carboxylic acids is 1. The van der Waals surface area contributed by atoms with Gasteiger partial charge in [0.1, 0.15) is 11.6 Å². The van der Waals surface area contributed by atoms with Crippen LogP contribution in [0.25, 0.3) is 0 Å². The number of amides is 2. The zero-order valence-corrected chi connectivity index (χ0v) is 8.42. The maximum absolute atomic E-state index is 11.0. The summed E-state index contributed by atoms with van der Waals surface area (Å²) in [6, 6.07) is 3.14. The van der Waals surface area contributed by atoms with E-state index in [4.69, 9.17) is 4.74 Å². The number of aromatic nitrogens is 1. The molecule has 0 aliphatic rings. The first-order valence-corrected chi connectivity index (χ1v) is 4.17. The van der Waals surface area contributed by atoms with Crippen LogP contribution in [0.3, 0.4) is 0 Å². The van der Waals surface area contributed by atoms with Crippen molar-refractivity contribution in [3.8, 4) is 5.75 Å². The quantitative estimate of drug-likeness (QED) is 0.744. The number of carbonyl (C=O) groups is 1. The summed E-state index contributed by atoms with van der Waals surface area (Å²) in [4.78, 5) is 15.1. The summed E-state index contributed by atoms with van der Waals surface area (Å²) in [6.45, 7) is 1.83. The predicted octanol–water partition coefficient (Wildman–Crippen LogP) is 1.15. The highest BCUT2D eigenvalue weighted by Gasteiger charge is 2.02. The molecule has 1 aromatic heterocycles. The second-order valence-electron chi connectivity index (χ2n) is 2.74. The molecule has 0 bridgehead atoms. The molecule has 0 saturated heterocycles. The molecule has 0 atom stereocenters. The lowest BCUT2D eigenvalue weighted by molar-refractivity contribution is 0.254. The lowest BCUT2D eigenvalue weighted by Gasteiger charge is -2.06. The van der Waals surface area contributed by atoms with Gasteiger partial charge >= 0.3 is 6.03 Å². The van der Waals surface area contributed by atoms with E-state index in [1.54, 1.807) is 26.3 Å². The normalized spacial score (nSPS) is 9.36. The van der Waals surface area contributed by atoms with Gasteiger partial charge in [0.2, 0.25) is 0 Å². The van der Waals surface area contributed by atoms with E-state index in [1.165, 1.54) is 0 Å². The number of pyridine rings is 1. The van der Waals surface area contributed by atoms with Crippen molar-refractivity contribution in [3.05, 3.63) is 17.8 Å². The average Bonchev–Trinajstić information content (AvgIpc) is 2.16. The van der Waals surface area contributed by atoms with Crippen LogP contribution in [0.5, 0.6) is 5.75 Å². The molecule has 5 heteroatoms. The molecule has 0 saturated carbocycles. The van der Waals surface area contributed by atoms with Gasteiger partial charge in [-0.05, 0) is 6.92 Å². The number of anilines is 1. The Bertz CT molecular complexity index is 339. The van der Waals surface area contributed by atoms with Crippen molar-refractivity contribution in [3.63, 3.8) is 0 Å². The van der Waals surface area contributed by atoms with Crippen molar-refractivity contribution >= 4 is 11.8 Å². The zero-order valence-electron chi connectivity index (χ0n) is 8.42. The third kappa shape index (κ3) is 2.62. The largest absolute Gasteiger partial charge is 0.497 e. The minimum Gasteiger partial charge on any atom is -0.497 e. The van der Waals surface area contributed by atoms with Crippen molar-refractivity contribution in [1.29, 1.82) is 0 Å². The summed E-state index contributed by atoms with van der Waals surface area (Å²) >= 11 is 0. The molecule has 0 unspecified atom stereocenters. The van der Waals surface area contributed by atoms with Crippen LogP contribution in [0.1, 0.15) is 5.69 Å². The summed E-state index contributed by atoms with van der Waals surface area (Å²) in [5.74, 6) is 1.14. The van der Waals surface area contributed by atoms with Crippen LogP contribution in [-0.2, 0) is 0 Å². The Kier molecular flexibility index (Phi) is 3.28. The molecule has 76 valence electrons. The topological polar surface area (TPSA) is 63.2 Å². The number of nitrogens with zero attached hydrogens (tertiary/aromatic N) is 1. The van der Waals surface area contributed by atoms with Crippen LogP contribution in [0.15, 0.2) is 12.1 Å². The molecule has 0 fully saturated rings. The van der Waals surface area contributed by atoms with Crippen LogP contribution >= 0.6 is 0 Å². The number of urea groups is 1. The molecular weight excluding hydrogens is 182 g/mol. The highest BCUT2D eigenvalue weighted by atomic mass is 16.5. The van der Waals surface area contributed by atoms with Gasteiger partial charge in [-0.1, -0.05) is 0 Å². The van der Waals surface area contributed by atoms with Gasteiger partial charge in [0.15, 0.2) is 0 Å². The first-order chi connectivity index (χ1) is 6.65. The van der Waals surface area contributed by atoms with E-state index in [9.17, 15) is 4.79 Å². The van der Waals surface area contributed by atoms with Crippen molar-refractivity contribution in [2.75, 3.05) is 19.5 Å². The van der Waals surface area contributed by atoms with Gasteiger partial charge in [-0.3, -0.25) is 5.32 Å². The summed E-state index contributed by atoms with van der Waals surface area (Å²) in [5, 5.41) is 5.01. The number of aryl methyl sites for hydroxylation is 1. The molecular formula is C9H13N3O2. The summed E-state index contributed by atoms with van der Waals surface area (Å²) < 4.78 is 5.04. The molecule has 0 radical (unpaired) electrons. The van der Waals surface area contributed by atoms with Gasteiger partial charge in [0.05, 0.1) is 7.11 Å². The molecule has 5 nitrogen and oxygen atoms in total. The Morgan fingerprint density at radius 2 is 2.21 bits per heavy atom. The Morgan fingerprint density at radius 3 is 2.79 bits per heavy atom. The third-order valence-electron chi connectivity index (χ3n) is 1.63. The Morgan fingerprint density at radius 1 is 1.50 bits per heavy atom. The molecule has 1 heterocycles. The van der Waals surface area contributed by atoms with E-state index in [0.717, 1.165) is 5.69 Å². The van der Waals surface area contributed by atoms with Gasteiger partial charge in [-0.15, -0.1) is 0 Å². The summed E-state index contributed by atoms with van der Waals surface area (Å²) in [5.41, 5.74) is 0.788. The second-order valence-corrected chi connectivity index (χ2v) is 2.74. The highest BCUT2D eigenvalue weighted by molar-refractivity contribution is 5.88. The number of methoxy groups -OCH3 is 1. The first kappa shape index (κ1) is 10.3. The van der Waals surface area contributed by atoms with Crippen molar-refractivity contribution in [2.45, 2.75) is 6.92 Å². The minimum atomic E-state index is -0.301. The van der Waals surface area contributed by atoms with Crippen LogP contribution in [0, 0.1) is 6.92 Å². The Hall–Kier alpha value is -1.78. The number of rotatable bonds is 2. The number of hydrogen-bond acceptors (Lipinski definition) is 3. The molecule has 0 spiro atoms. The van der Waals surface area contributed by atoms with Crippen molar-refractivity contribution in [2.24, 2.45) is 0 Å². The number of ether oxygens (including phenoxy) is 1. The summed E-state index contributed by atoms with van der Waals surface area (Å²) in [6.07, 6.45) is 0. The number of nitrogens with one attached hydrogen (secondary N) is 2. The molecule has 0 aliphatic heterocycles. The van der Waals surface area contributed by atoms with Crippen LogP contribution in [0.2, 0.25) is 0 Å². The zero-order chi connectivity index (χ0) is 10.6. The van der Waals surface area contributed by atoms with Crippen LogP contribution in [-0.4, -0.2) is 25.2 Å². The van der Waals surface area contributed by atoms with E-state index in [0.29, 0.717) is 11.6 Å². The van der Waals surface area contributed by atoms with Gasteiger partial charge in [0, 0.05) is 24.9 Å². The standard InChI is InChI=1S/C9H13N3O2/c1-6-4-7(14-3)5-8(11-6)12-9(13)10-2/h4-5H,1-3H3,(H2,10,11,12,13). The Labute approximate surface area is 82.5 Å². The maximum atomic E-state index is 11.0. The van der Waals surface area contributed by atoms with E-state index in [-0.39, 0.29) is 6.03 Å².